The number of piperidine rings is 1. The van der Waals surface area contributed by atoms with Gasteiger partial charge in [0.2, 0.25) is 0 Å². The number of rotatable bonds is 2. The van der Waals surface area contributed by atoms with E-state index >= 15 is 0 Å². The second-order valence-electron chi connectivity index (χ2n) is 5.83. The highest BCUT2D eigenvalue weighted by Crippen LogP contribution is 2.24. The molecule has 1 aliphatic heterocycles. The molecule has 1 aromatic heterocycles. The summed E-state index contributed by atoms with van der Waals surface area (Å²) in [5.74, 6) is 0.224. The normalized spacial score (nSPS) is 21.3. The molecule has 1 fully saturated rings. The fourth-order valence-corrected chi connectivity index (χ4v) is 2.88. The van der Waals surface area contributed by atoms with Gasteiger partial charge in [-0.1, -0.05) is 18.5 Å². The number of likely N-dealkylation sites (tertiary alicyclic amines) is 1. The van der Waals surface area contributed by atoms with Crippen LogP contribution >= 0.6 is 11.6 Å². The molecule has 2 aromatic rings. The third-order valence-corrected chi connectivity index (χ3v) is 4.46. The van der Waals surface area contributed by atoms with Gasteiger partial charge in [0.15, 0.2) is 0 Å². The monoisotopic (exact) mass is 334 g/mol. The maximum Gasteiger partial charge on any atom is 0.321 e. The van der Waals surface area contributed by atoms with E-state index in [1.807, 2.05) is 13.0 Å². The summed E-state index contributed by atoms with van der Waals surface area (Å²) in [4.78, 5) is 13.9. The molecule has 2 amide bonds. The third-order valence-electron chi connectivity index (χ3n) is 4.16. The first-order valence-electron chi connectivity index (χ1n) is 7.58. The van der Waals surface area contributed by atoms with Crippen molar-refractivity contribution in [2.24, 2.45) is 5.92 Å². The zero-order valence-electron chi connectivity index (χ0n) is 12.8. The van der Waals surface area contributed by atoms with E-state index in [2.05, 4.69) is 10.4 Å². The van der Waals surface area contributed by atoms with Crippen molar-refractivity contribution in [2.75, 3.05) is 18.4 Å². The first kappa shape index (κ1) is 15.8. The van der Waals surface area contributed by atoms with E-state index in [4.69, 9.17) is 11.6 Å². The van der Waals surface area contributed by atoms with Crippen molar-refractivity contribution in [3.8, 4) is 5.69 Å². The van der Waals surface area contributed by atoms with Gasteiger partial charge in [-0.15, -0.1) is 0 Å². The standard InChI is InChI=1S/C16H19ClN4O2/c1-11-5-8-20(10-15(11)22)16(23)19-12-3-4-14(13(17)9-12)21-7-2-6-18-21/h2-4,6-7,9,11,15,22H,5,8,10H2,1H3,(H,19,23). The Kier molecular flexibility index (Phi) is 4.54. The minimum Gasteiger partial charge on any atom is -0.391 e. The second kappa shape index (κ2) is 6.60. The molecular weight excluding hydrogens is 316 g/mol. The van der Waals surface area contributed by atoms with Gasteiger partial charge in [0.05, 0.1) is 16.8 Å². The average Bonchev–Trinajstić information content (AvgIpc) is 3.04. The van der Waals surface area contributed by atoms with Crippen molar-refractivity contribution in [3.05, 3.63) is 41.7 Å². The van der Waals surface area contributed by atoms with Crippen molar-refractivity contribution < 1.29 is 9.90 Å². The van der Waals surface area contributed by atoms with Gasteiger partial charge in [0, 0.05) is 31.2 Å². The predicted molar refractivity (Wildman–Crippen MR) is 89.0 cm³/mol. The Morgan fingerprint density at radius 3 is 2.96 bits per heavy atom. The van der Waals surface area contributed by atoms with Gasteiger partial charge in [0.1, 0.15) is 0 Å². The molecule has 0 radical (unpaired) electrons. The highest BCUT2D eigenvalue weighted by molar-refractivity contribution is 6.32. The van der Waals surface area contributed by atoms with Crippen LogP contribution in [-0.4, -0.2) is 45.0 Å². The number of aromatic nitrogens is 2. The van der Waals surface area contributed by atoms with E-state index in [0.29, 0.717) is 23.8 Å². The number of nitrogens with one attached hydrogen (secondary N) is 1. The van der Waals surface area contributed by atoms with Crippen LogP contribution in [0, 0.1) is 5.92 Å². The third kappa shape index (κ3) is 3.48. The lowest BCUT2D eigenvalue weighted by molar-refractivity contribution is 0.0464. The van der Waals surface area contributed by atoms with Crippen LogP contribution in [0.4, 0.5) is 10.5 Å². The lowest BCUT2D eigenvalue weighted by Gasteiger charge is -2.34. The summed E-state index contributed by atoms with van der Waals surface area (Å²) >= 11 is 6.27. The molecule has 122 valence electrons. The maximum absolute atomic E-state index is 12.3. The number of amides is 2. The minimum atomic E-state index is -0.472. The van der Waals surface area contributed by atoms with E-state index in [1.54, 1.807) is 40.2 Å². The van der Waals surface area contributed by atoms with Gasteiger partial charge in [0.25, 0.3) is 0 Å². The number of carbonyl (C=O) groups excluding carboxylic acids is 1. The lowest BCUT2D eigenvalue weighted by Crippen LogP contribution is -2.47. The molecule has 0 bridgehead atoms. The van der Waals surface area contributed by atoms with Gasteiger partial charge in [-0.2, -0.15) is 5.10 Å². The van der Waals surface area contributed by atoms with Crippen molar-refractivity contribution in [1.82, 2.24) is 14.7 Å². The fraction of sp³-hybridized carbons (Fsp3) is 0.375. The highest BCUT2D eigenvalue weighted by Gasteiger charge is 2.27. The Morgan fingerprint density at radius 1 is 1.48 bits per heavy atom. The summed E-state index contributed by atoms with van der Waals surface area (Å²) in [6, 6.07) is 6.87. The summed E-state index contributed by atoms with van der Waals surface area (Å²) in [6.07, 6.45) is 3.80. The van der Waals surface area contributed by atoms with Gasteiger partial charge in [-0.3, -0.25) is 0 Å². The Labute approximate surface area is 139 Å². The smallest absolute Gasteiger partial charge is 0.321 e. The molecule has 1 saturated heterocycles. The van der Waals surface area contributed by atoms with Crippen LogP contribution in [0.15, 0.2) is 36.7 Å². The number of β-amino-alcohol motifs (C(OH)–C–C–N with tert-alkyl or cyclic N) is 1. The maximum atomic E-state index is 12.3. The molecule has 2 heterocycles. The molecule has 2 atom stereocenters. The topological polar surface area (TPSA) is 70.4 Å². The zero-order valence-corrected chi connectivity index (χ0v) is 13.6. The van der Waals surface area contributed by atoms with Gasteiger partial charge in [-0.05, 0) is 36.6 Å². The summed E-state index contributed by atoms with van der Waals surface area (Å²) < 4.78 is 1.66. The summed E-state index contributed by atoms with van der Waals surface area (Å²) in [5.41, 5.74) is 1.36. The SMILES string of the molecule is CC1CCN(C(=O)Nc2ccc(-n3cccn3)c(Cl)c2)CC1O. The Morgan fingerprint density at radius 2 is 2.30 bits per heavy atom. The van der Waals surface area contributed by atoms with Crippen molar-refractivity contribution in [1.29, 1.82) is 0 Å². The molecular formula is C16H19ClN4O2. The number of benzene rings is 1. The molecule has 3 rings (SSSR count). The van der Waals surface area contributed by atoms with E-state index in [-0.39, 0.29) is 11.9 Å². The van der Waals surface area contributed by atoms with Crippen molar-refractivity contribution in [3.63, 3.8) is 0 Å². The van der Waals surface area contributed by atoms with Crippen molar-refractivity contribution >= 4 is 23.3 Å². The molecule has 23 heavy (non-hydrogen) atoms. The number of halogens is 1. The van der Waals surface area contributed by atoms with E-state index < -0.39 is 6.10 Å². The molecule has 0 spiro atoms. The first-order chi connectivity index (χ1) is 11.0. The number of carbonyl (C=O) groups is 1. The molecule has 2 unspecified atom stereocenters. The summed E-state index contributed by atoms with van der Waals surface area (Å²) in [6.45, 7) is 2.99. The van der Waals surface area contributed by atoms with E-state index in [0.717, 1.165) is 12.1 Å². The fourth-order valence-electron chi connectivity index (χ4n) is 2.62. The molecule has 6 nitrogen and oxygen atoms in total. The second-order valence-corrected chi connectivity index (χ2v) is 6.23. The number of hydrogen-bond acceptors (Lipinski definition) is 3. The summed E-state index contributed by atoms with van der Waals surface area (Å²) in [7, 11) is 0. The molecule has 7 heteroatoms. The number of aliphatic hydroxyl groups excluding tert-OH is 1. The van der Waals surface area contributed by atoms with E-state index in [9.17, 15) is 9.90 Å². The molecule has 0 saturated carbocycles. The largest absolute Gasteiger partial charge is 0.391 e. The van der Waals surface area contributed by atoms with Crippen LogP contribution in [-0.2, 0) is 0 Å². The Hall–Kier alpha value is -2.05. The van der Waals surface area contributed by atoms with Crippen LogP contribution < -0.4 is 5.32 Å². The number of anilines is 1. The van der Waals surface area contributed by atoms with Crippen LogP contribution in [0.1, 0.15) is 13.3 Å². The van der Waals surface area contributed by atoms with Crippen LogP contribution in [0.2, 0.25) is 5.02 Å². The number of hydrogen-bond donors (Lipinski definition) is 2. The average molecular weight is 335 g/mol. The Balaban J connectivity index is 1.68. The van der Waals surface area contributed by atoms with Crippen LogP contribution in [0.25, 0.3) is 5.69 Å². The number of urea groups is 1. The van der Waals surface area contributed by atoms with Crippen LogP contribution in [0.3, 0.4) is 0 Å². The number of nitrogens with zero attached hydrogens (tertiary/aromatic N) is 3. The van der Waals surface area contributed by atoms with Crippen molar-refractivity contribution in [2.45, 2.75) is 19.4 Å². The van der Waals surface area contributed by atoms with Crippen LogP contribution in [0.5, 0.6) is 0 Å². The van der Waals surface area contributed by atoms with E-state index in [1.165, 1.54) is 0 Å². The zero-order chi connectivity index (χ0) is 16.4. The number of aliphatic hydroxyl groups is 1. The predicted octanol–water partition coefficient (Wildman–Crippen LogP) is 2.76. The molecule has 1 aromatic carbocycles. The molecule has 2 N–H and O–H groups in total. The van der Waals surface area contributed by atoms with Gasteiger partial charge < -0.3 is 15.3 Å². The summed E-state index contributed by atoms with van der Waals surface area (Å²) in [5, 5.41) is 17.4. The highest BCUT2D eigenvalue weighted by atomic mass is 35.5. The lowest BCUT2D eigenvalue weighted by atomic mass is 9.96. The Bertz CT molecular complexity index is 689. The first-order valence-corrected chi connectivity index (χ1v) is 7.96. The van der Waals surface area contributed by atoms with Gasteiger partial charge >= 0.3 is 6.03 Å². The molecule has 1 aliphatic rings. The minimum absolute atomic E-state index is 0.223. The quantitative estimate of drug-likeness (QED) is 0.887. The van der Waals surface area contributed by atoms with Gasteiger partial charge in [-0.25, -0.2) is 9.48 Å². The molecule has 0 aliphatic carbocycles.